The third-order valence-electron chi connectivity index (χ3n) is 3.06. The summed E-state index contributed by atoms with van der Waals surface area (Å²) in [7, 11) is 1.65. The molecule has 100 valence electrons. The van der Waals surface area contributed by atoms with E-state index < -0.39 is 5.60 Å². The molecule has 0 spiro atoms. The second kappa shape index (κ2) is 7.95. The van der Waals surface area contributed by atoms with Crippen LogP contribution in [0.15, 0.2) is 0 Å². The molecule has 0 bridgehead atoms. The van der Waals surface area contributed by atoms with E-state index in [1.165, 1.54) is 6.42 Å². The summed E-state index contributed by atoms with van der Waals surface area (Å²) < 4.78 is 4.90. The lowest BCUT2D eigenvalue weighted by Crippen LogP contribution is -2.44. The molecule has 5 heteroatoms. The van der Waals surface area contributed by atoms with Crippen molar-refractivity contribution >= 4 is 17.7 Å². The Morgan fingerprint density at radius 1 is 1.41 bits per heavy atom. The number of hydrogen-bond acceptors (Lipinski definition) is 4. The number of carbonyl (C=O) groups is 1. The van der Waals surface area contributed by atoms with Gasteiger partial charge in [-0.25, -0.2) is 0 Å². The lowest BCUT2D eigenvalue weighted by atomic mass is 9.85. The Morgan fingerprint density at radius 2 is 2.12 bits per heavy atom. The fraction of sp³-hybridized carbons (Fsp3) is 0.917. The Labute approximate surface area is 107 Å². The number of nitrogens with one attached hydrogen (secondary N) is 1. The monoisotopic (exact) mass is 261 g/mol. The molecular weight excluding hydrogens is 238 g/mol. The first-order valence-electron chi connectivity index (χ1n) is 6.22. The van der Waals surface area contributed by atoms with Crippen LogP contribution in [0.1, 0.15) is 32.1 Å². The van der Waals surface area contributed by atoms with Gasteiger partial charge < -0.3 is 15.2 Å². The molecule has 1 amide bonds. The predicted molar refractivity (Wildman–Crippen MR) is 70.2 cm³/mol. The Kier molecular flexibility index (Phi) is 6.92. The highest BCUT2D eigenvalue weighted by molar-refractivity contribution is 7.99. The molecule has 0 aromatic heterocycles. The van der Waals surface area contributed by atoms with Crippen LogP contribution in [0.3, 0.4) is 0 Å². The predicted octanol–water partition coefficient (Wildman–Crippen LogP) is 1.18. The van der Waals surface area contributed by atoms with Gasteiger partial charge in [0, 0.05) is 19.4 Å². The molecule has 0 heterocycles. The molecule has 0 saturated heterocycles. The van der Waals surface area contributed by atoms with Gasteiger partial charge in [0.2, 0.25) is 5.91 Å². The Bertz CT molecular complexity index is 230. The van der Waals surface area contributed by atoms with Crippen LogP contribution in [0.4, 0.5) is 0 Å². The van der Waals surface area contributed by atoms with Crippen molar-refractivity contribution in [2.75, 3.05) is 31.8 Å². The highest BCUT2D eigenvalue weighted by Crippen LogP contribution is 2.27. The van der Waals surface area contributed by atoms with Gasteiger partial charge in [0.25, 0.3) is 0 Å². The van der Waals surface area contributed by atoms with Crippen LogP contribution >= 0.6 is 11.8 Å². The fourth-order valence-electron chi connectivity index (χ4n) is 2.01. The van der Waals surface area contributed by atoms with Crippen molar-refractivity contribution in [1.29, 1.82) is 0 Å². The van der Waals surface area contributed by atoms with Crippen LogP contribution in [0, 0.1) is 0 Å². The minimum atomic E-state index is -0.662. The number of methoxy groups -OCH3 is 1. The molecule has 17 heavy (non-hydrogen) atoms. The Balaban J connectivity index is 2.10. The lowest BCUT2D eigenvalue weighted by molar-refractivity contribution is -0.120. The minimum Gasteiger partial charge on any atom is -0.388 e. The Morgan fingerprint density at radius 3 is 2.76 bits per heavy atom. The van der Waals surface area contributed by atoms with Gasteiger partial charge in [0.05, 0.1) is 18.0 Å². The maximum atomic E-state index is 11.5. The van der Waals surface area contributed by atoms with E-state index >= 15 is 0 Å². The first-order chi connectivity index (χ1) is 8.16. The maximum absolute atomic E-state index is 11.5. The number of amides is 1. The topological polar surface area (TPSA) is 58.6 Å². The summed E-state index contributed by atoms with van der Waals surface area (Å²) in [6, 6.07) is 0. The largest absolute Gasteiger partial charge is 0.388 e. The smallest absolute Gasteiger partial charge is 0.230 e. The van der Waals surface area contributed by atoms with Crippen LogP contribution in [-0.4, -0.2) is 48.4 Å². The molecule has 1 rings (SSSR count). The van der Waals surface area contributed by atoms with Crippen LogP contribution in [0.5, 0.6) is 0 Å². The molecule has 0 aromatic carbocycles. The minimum absolute atomic E-state index is 0.00472. The molecule has 1 saturated carbocycles. The molecule has 0 aliphatic heterocycles. The van der Waals surface area contributed by atoms with E-state index in [1.807, 2.05) is 0 Å². The van der Waals surface area contributed by atoms with Gasteiger partial charge in [-0.15, -0.1) is 11.8 Å². The first-order valence-corrected chi connectivity index (χ1v) is 7.37. The highest BCUT2D eigenvalue weighted by Gasteiger charge is 2.29. The van der Waals surface area contributed by atoms with Crippen LogP contribution in [-0.2, 0) is 9.53 Å². The van der Waals surface area contributed by atoms with E-state index in [-0.39, 0.29) is 5.91 Å². The van der Waals surface area contributed by atoms with Gasteiger partial charge in [0.15, 0.2) is 0 Å². The van der Waals surface area contributed by atoms with Crippen molar-refractivity contribution in [1.82, 2.24) is 5.32 Å². The van der Waals surface area contributed by atoms with E-state index in [4.69, 9.17) is 4.74 Å². The van der Waals surface area contributed by atoms with Crippen molar-refractivity contribution in [2.45, 2.75) is 37.7 Å². The van der Waals surface area contributed by atoms with E-state index in [9.17, 15) is 9.90 Å². The molecule has 2 N–H and O–H groups in total. The number of rotatable bonds is 7. The van der Waals surface area contributed by atoms with Gasteiger partial charge in [-0.3, -0.25) is 4.79 Å². The molecule has 0 aromatic rings. The summed E-state index contributed by atoms with van der Waals surface area (Å²) in [6.45, 7) is 1.07. The van der Waals surface area contributed by atoms with Crippen LogP contribution in [0.25, 0.3) is 0 Å². The fourth-order valence-corrected chi connectivity index (χ4v) is 2.72. The van der Waals surface area contributed by atoms with E-state index in [0.717, 1.165) is 31.4 Å². The summed E-state index contributed by atoms with van der Waals surface area (Å²) in [5.74, 6) is 1.28. The van der Waals surface area contributed by atoms with Crippen LogP contribution in [0.2, 0.25) is 0 Å². The first kappa shape index (κ1) is 14.8. The van der Waals surface area contributed by atoms with Crippen molar-refractivity contribution < 1.29 is 14.6 Å². The van der Waals surface area contributed by atoms with Gasteiger partial charge >= 0.3 is 0 Å². The average molecular weight is 261 g/mol. The van der Waals surface area contributed by atoms with Crippen molar-refractivity contribution in [3.8, 4) is 0 Å². The SMILES string of the molecule is COCCSCC(=O)NCC1(O)CCCCC1. The molecule has 0 atom stereocenters. The summed E-state index contributed by atoms with van der Waals surface area (Å²) in [4.78, 5) is 11.5. The zero-order chi connectivity index (χ0) is 12.6. The Hall–Kier alpha value is -0.260. The lowest BCUT2D eigenvalue weighted by Gasteiger charge is -2.32. The van der Waals surface area contributed by atoms with E-state index in [0.29, 0.717) is 18.9 Å². The zero-order valence-corrected chi connectivity index (χ0v) is 11.4. The zero-order valence-electron chi connectivity index (χ0n) is 10.5. The number of thioether (sulfide) groups is 1. The molecule has 0 radical (unpaired) electrons. The molecule has 1 aliphatic rings. The molecule has 1 aliphatic carbocycles. The number of aliphatic hydroxyl groups is 1. The summed E-state index contributed by atoms with van der Waals surface area (Å²) >= 11 is 1.55. The standard InChI is InChI=1S/C12H23NO3S/c1-16-7-8-17-9-11(14)13-10-12(15)5-3-2-4-6-12/h15H,2-10H2,1H3,(H,13,14). The summed E-state index contributed by atoms with van der Waals surface area (Å²) in [6.07, 6.45) is 4.95. The summed E-state index contributed by atoms with van der Waals surface area (Å²) in [5, 5.41) is 13.0. The average Bonchev–Trinajstić information content (AvgIpc) is 2.33. The van der Waals surface area contributed by atoms with E-state index in [2.05, 4.69) is 5.32 Å². The van der Waals surface area contributed by atoms with Gasteiger partial charge in [-0.2, -0.15) is 0 Å². The quantitative estimate of drug-likeness (QED) is 0.676. The van der Waals surface area contributed by atoms with Crippen molar-refractivity contribution in [3.63, 3.8) is 0 Å². The normalized spacial score (nSPS) is 18.9. The number of ether oxygens (including phenoxy) is 1. The molecule has 1 fully saturated rings. The molecule has 0 unspecified atom stereocenters. The summed E-state index contributed by atoms with van der Waals surface area (Å²) in [5.41, 5.74) is -0.662. The molecular formula is C12H23NO3S. The third kappa shape index (κ3) is 6.29. The highest BCUT2D eigenvalue weighted by atomic mass is 32.2. The van der Waals surface area contributed by atoms with Crippen LogP contribution < -0.4 is 5.32 Å². The van der Waals surface area contributed by atoms with Crippen molar-refractivity contribution in [3.05, 3.63) is 0 Å². The number of hydrogen-bond donors (Lipinski definition) is 2. The van der Waals surface area contributed by atoms with Crippen molar-refractivity contribution in [2.24, 2.45) is 0 Å². The second-order valence-corrected chi connectivity index (χ2v) is 5.71. The molecule has 4 nitrogen and oxygen atoms in total. The van der Waals surface area contributed by atoms with Gasteiger partial charge in [0.1, 0.15) is 0 Å². The second-order valence-electron chi connectivity index (χ2n) is 4.61. The maximum Gasteiger partial charge on any atom is 0.230 e. The van der Waals surface area contributed by atoms with E-state index in [1.54, 1.807) is 18.9 Å². The van der Waals surface area contributed by atoms with Gasteiger partial charge in [-0.1, -0.05) is 19.3 Å². The van der Waals surface area contributed by atoms with Gasteiger partial charge in [-0.05, 0) is 12.8 Å². The third-order valence-corrected chi connectivity index (χ3v) is 3.99. The number of carbonyl (C=O) groups excluding carboxylic acids is 1.